The van der Waals surface area contributed by atoms with Crippen molar-refractivity contribution in [2.75, 3.05) is 11.6 Å². The fraction of sp³-hybridized carbons (Fsp3) is 0.526. The molecule has 17 heteroatoms. The largest absolute Gasteiger partial charge is 0.741 e. The van der Waals surface area contributed by atoms with Gasteiger partial charge in [-0.05, 0) is 13.2 Å². The number of alkyl halides is 4. The molecule has 1 saturated heterocycles. The molecule has 2 aliphatic heterocycles. The molecule has 2 aliphatic rings. The number of amides is 1. The number of aromatic nitrogens is 2. The van der Waals surface area contributed by atoms with E-state index in [0.29, 0.717) is 5.57 Å². The summed E-state index contributed by atoms with van der Waals surface area (Å²) < 4.78 is 63.1. The smallest absolute Gasteiger partial charge is 0.485 e. The minimum absolute atomic E-state index is 0.0583. The first kappa shape index (κ1) is 28.9. The highest BCUT2D eigenvalue weighted by Crippen LogP contribution is 2.51. The lowest BCUT2D eigenvalue weighted by atomic mass is 9.77. The number of carbonyl (C=O) groups excluding carboxylic acids is 1. The number of halogens is 4. The average Bonchev–Trinajstić information content (AvgIpc) is 3.34. The van der Waals surface area contributed by atoms with Gasteiger partial charge in [-0.3, -0.25) is 4.79 Å². The van der Waals surface area contributed by atoms with Crippen LogP contribution in [0.25, 0.3) is 10.4 Å². The van der Waals surface area contributed by atoms with Gasteiger partial charge >= 0.3 is 11.5 Å². The molecule has 1 amide bonds. The van der Waals surface area contributed by atoms with E-state index in [1.165, 1.54) is 4.90 Å². The molecule has 4 atom stereocenters. The zero-order valence-electron chi connectivity index (χ0n) is 18.9. The molecule has 1 fully saturated rings. The third-order valence-electron chi connectivity index (χ3n) is 5.85. The summed E-state index contributed by atoms with van der Waals surface area (Å²) in [5.74, 6) is -2.10. The number of aryl methyl sites for hydroxylation is 1. The minimum Gasteiger partial charge on any atom is -0.741 e. The van der Waals surface area contributed by atoms with Crippen LogP contribution in [0.5, 0.6) is 0 Å². The predicted octanol–water partition coefficient (Wildman–Crippen LogP) is 2.11. The van der Waals surface area contributed by atoms with Gasteiger partial charge in [0.05, 0.1) is 22.9 Å². The molecule has 4 heterocycles. The van der Waals surface area contributed by atoms with Crippen LogP contribution in [0.3, 0.4) is 0 Å². The Balaban J connectivity index is 0.000000392. The van der Waals surface area contributed by atoms with Crippen LogP contribution in [0.2, 0.25) is 0 Å². The second-order valence-electron chi connectivity index (χ2n) is 8.04. The van der Waals surface area contributed by atoms with Gasteiger partial charge < -0.3 is 19.7 Å². The molecule has 0 radical (unpaired) electrons. The Hall–Kier alpha value is -1.66. The van der Waals surface area contributed by atoms with Crippen molar-refractivity contribution in [1.29, 1.82) is 0 Å². The quantitative estimate of drug-likeness (QED) is 0.123. The van der Waals surface area contributed by atoms with Crippen molar-refractivity contribution in [2.45, 2.75) is 43.1 Å². The van der Waals surface area contributed by atoms with Crippen LogP contribution in [0, 0.1) is 11.8 Å². The number of β-lactam (4-membered cyclic amide) rings is 1. The zero-order chi connectivity index (χ0) is 27.3. The van der Waals surface area contributed by atoms with Gasteiger partial charge in [-0.2, -0.15) is 17.6 Å². The van der Waals surface area contributed by atoms with E-state index in [9.17, 15) is 33.0 Å². The summed E-state index contributed by atoms with van der Waals surface area (Å²) in [5.41, 5.74) is -4.91. The molecule has 0 unspecified atom stereocenters. The number of nitrogens with zero attached hydrogens (tertiary/aromatic N) is 3. The Morgan fingerprint density at radius 3 is 2.44 bits per heavy atom. The van der Waals surface area contributed by atoms with E-state index in [-0.39, 0.29) is 23.6 Å². The number of carboxylic acids is 1. The number of carboxylic acid groups (broad SMARTS) is 1. The molecule has 2 N–H and O–H groups in total. The molecule has 0 saturated carbocycles. The zero-order valence-corrected chi connectivity index (χ0v) is 22.9. The van der Waals surface area contributed by atoms with E-state index < -0.39 is 33.6 Å². The topological polar surface area (TPSA) is 143 Å². The van der Waals surface area contributed by atoms with E-state index in [0.717, 1.165) is 26.6 Å². The Morgan fingerprint density at radius 1 is 1.42 bits per heavy atom. The summed E-state index contributed by atoms with van der Waals surface area (Å²) in [6.07, 6.45) is 5.20. The van der Waals surface area contributed by atoms with E-state index in [1.807, 2.05) is 30.1 Å². The van der Waals surface area contributed by atoms with Gasteiger partial charge in [0.15, 0.2) is 10.1 Å². The SMILES string of the molecule is CSc1c2sc(C3=C(C(=O)O)N4C(=O)[C@H]([C@@H](C)O)[C@H]4[C@H]3C)cn2c[n+]1CCBr.O=S(=O)([O-])C(F)(F)F. The molecule has 200 valence electrons. The highest BCUT2D eigenvalue weighted by Gasteiger charge is 2.60. The first-order valence-electron chi connectivity index (χ1n) is 10.2. The van der Waals surface area contributed by atoms with E-state index >= 15 is 0 Å². The lowest BCUT2D eigenvalue weighted by molar-refractivity contribution is -0.725. The van der Waals surface area contributed by atoms with E-state index in [4.69, 9.17) is 13.0 Å². The monoisotopic (exact) mass is 635 g/mol. The molecule has 0 bridgehead atoms. The van der Waals surface area contributed by atoms with Gasteiger partial charge in [-0.15, -0.1) is 0 Å². The Kier molecular flexibility index (Phi) is 8.23. The molecule has 36 heavy (non-hydrogen) atoms. The van der Waals surface area contributed by atoms with Gasteiger partial charge in [0.1, 0.15) is 18.4 Å². The number of hydrogen-bond acceptors (Lipinski definition) is 8. The van der Waals surface area contributed by atoms with Crippen molar-refractivity contribution in [3.05, 3.63) is 23.1 Å². The summed E-state index contributed by atoms with van der Waals surface area (Å²) in [6.45, 7) is 4.38. The van der Waals surface area contributed by atoms with Gasteiger partial charge in [0.25, 0.3) is 6.33 Å². The Labute approximate surface area is 220 Å². The standard InChI is InChI=1S/C18H20BrN3O4S2.CHF3O3S/c1-8-11(14(18(25)26)22-13(8)12(9(2)23)15(22)24)10-6-21-7-20(5-4-19)16(27-3)17(21)28-10;2-1(3,4)8(5,6)7/h6-9,12-13,23H,4-5H2,1-3H3;(H,5,6,7)/t8-,9+,12+,13+;/m0./s1. The number of thiazole rings is 1. The van der Waals surface area contributed by atoms with Gasteiger partial charge in [-0.1, -0.05) is 46.0 Å². The number of aliphatic hydroxyl groups excluding tert-OH is 1. The third kappa shape index (κ3) is 4.92. The molecule has 0 spiro atoms. The van der Waals surface area contributed by atoms with Crippen molar-refractivity contribution in [3.8, 4) is 0 Å². The Bertz CT molecular complexity index is 1340. The number of rotatable bonds is 6. The molecule has 0 aliphatic carbocycles. The molecule has 2 aromatic heterocycles. The molecule has 4 rings (SSSR count). The van der Waals surface area contributed by atoms with Crippen LogP contribution in [0.1, 0.15) is 18.7 Å². The number of aliphatic carboxylic acids is 1. The fourth-order valence-corrected chi connectivity index (χ4v) is 6.99. The maximum atomic E-state index is 12.5. The van der Waals surface area contributed by atoms with E-state index in [1.54, 1.807) is 30.0 Å². The van der Waals surface area contributed by atoms with Gasteiger partial charge in [0, 0.05) is 16.8 Å². The lowest BCUT2D eigenvalue weighted by Gasteiger charge is -2.46. The lowest BCUT2D eigenvalue weighted by Crippen LogP contribution is -2.63. The number of hydrogen-bond donors (Lipinski definition) is 2. The summed E-state index contributed by atoms with van der Waals surface area (Å²) in [7, 11) is -6.09. The maximum absolute atomic E-state index is 12.5. The van der Waals surface area contributed by atoms with Crippen LogP contribution < -0.4 is 4.57 Å². The van der Waals surface area contributed by atoms with Gasteiger partial charge in [-0.25, -0.2) is 17.8 Å². The minimum atomic E-state index is -6.09. The van der Waals surface area contributed by atoms with E-state index in [2.05, 4.69) is 20.5 Å². The van der Waals surface area contributed by atoms with Crippen molar-refractivity contribution in [2.24, 2.45) is 11.8 Å². The van der Waals surface area contributed by atoms with Crippen molar-refractivity contribution in [1.82, 2.24) is 9.30 Å². The normalized spacial score (nSPS) is 22.9. The predicted molar refractivity (Wildman–Crippen MR) is 126 cm³/mol. The Morgan fingerprint density at radius 2 is 2.00 bits per heavy atom. The summed E-state index contributed by atoms with van der Waals surface area (Å²) in [5, 5.41) is 21.8. The van der Waals surface area contributed by atoms with Crippen molar-refractivity contribution in [3.63, 3.8) is 0 Å². The number of carbonyl (C=O) groups is 2. The number of aliphatic hydroxyl groups is 1. The fourth-order valence-electron chi connectivity index (χ4n) is 4.41. The number of thioether (sulfide) groups is 1. The molecule has 2 aromatic rings. The molecule has 0 aromatic carbocycles. The second kappa shape index (κ2) is 10.2. The van der Waals surface area contributed by atoms with Crippen LogP contribution in [-0.4, -0.2) is 73.6 Å². The van der Waals surface area contributed by atoms with Crippen LogP contribution in [0.15, 0.2) is 23.2 Å². The van der Waals surface area contributed by atoms with Crippen molar-refractivity contribution >= 4 is 71.4 Å². The summed E-state index contributed by atoms with van der Waals surface area (Å²) in [6, 6.07) is -0.298. The highest BCUT2D eigenvalue weighted by molar-refractivity contribution is 9.09. The number of fused-ring (bicyclic) bond motifs is 2. The first-order valence-corrected chi connectivity index (χ1v) is 14.8. The summed E-state index contributed by atoms with van der Waals surface area (Å²) >= 11 is 6.67. The van der Waals surface area contributed by atoms with Crippen LogP contribution in [0.4, 0.5) is 13.2 Å². The van der Waals surface area contributed by atoms with Crippen LogP contribution in [-0.2, 0) is 26.3 Å². The second-order valence-corrected chi connectivity index (χ2v) is 12.0. The molecular weight excluding hydrogens is 615 g/mol. The molecule has 10 nitrogen and oxygen atoms in total. The highest BCUT2D eigenvalue weighted by atomic mass is 79.9. The van der Waals surface area contributed by atoms with Crippen LogP contribution >= 0.6 is 39.0 Å². The van der Waals surface area contributed by atoms with Gasteiger partial charge in [0.2, 0.25) is 15.8 Å². The maximum Gasteiger partial charge on any atom is 0.485 e. The molecular formula is C19H21BrF3N3O7S3. The summed E-state index contributed by atoms with van der Waals surface area (Å²) in [4.78, 5) is 27.8. The van der Waals surface area contributed by atoms with Crippen molar-refractivity contribution < 1.29 is 50.5 Å². The average molecular weight is 636 g/mol. The number of imidazole rings is 1. The third-order valence-corrected chi connectivity index (χ3v) is 8.86. The first-order chi connectivity index (χ1) is 16.6.